The van der Waals surface area contributed by atoms with Gasteiger partial charge in [-0.05, 0) is 62.1 Å². The highest BCUT2D eigenvalue weighted by Gasteiger charge is 2.33. The number of hydrogen-bond donors (Lipinski definition) is 0. The van der Waals surface area contributed by atoms with Gasteiger partial charge in [-0.2, -0.15) is 9.29 Å². The summed E-state index contributed by atoms with van der Waals surface area (Å²) in [5.74, 6) is 0.189. The highest BCUT2D eigenvalue weighted by Crippen LogP contribution is 2.31. The topological polar surface area (TPSA) is 79.5 Å². The Morgan fingerprint density at radius 1 is 1.00 bits per heavy atom. The summed E-state index contributed by atoms with van der Waals surface area (Å²) >= 11 is 1.57. The molecular formula is C22H25FN4O3S2. The van der Waals surface area contributed by atoms with E-state index in [-0.39, 0.29) is 5.82 Å². The van der Waals surface area contributed by atoms with E-state index in [0.29, 0.717) is 42.9 Å². The molecule has 0 atom stereocenters. The zero-order valence-corrected chi connectivity index (χ0v) is 19.8. The van der Waals surface area contributed by atoms with Crippen LogP contribution in [-0.2, 0) is 15.4 Å². The van der Waals surface area contributed by atoms with Crippen molar-refractivity contribution in [3.05, 3.63) is 65.7 Å². The van der Waals surface area contributed by atoms with Crippen molar-refractivity contribution < 1.29 is 17.3 Å². The Balaban J connectivity index is 1.44. The quantitative estimate of drug-likeness (QED) is 0.501. The number of halogens is 1. The Hall–Kier alpha value is -2.43. The second kappa shape index (κ2) is 8.84. The summed E-state index contributed by atoms with van der Waals surface area (Å²) in [4.78, 5) is 7.76. The third-order valence-electron chi connectivity index (χ3n) is 5.75. The Kier molecular flexibility index (Phi) is 6.28. The van der Waals surface area contributed by atoms with E-state index in [0.717, 1.165) is 10.5 Å². The Morgan fingerprint density at radius 2 is 1.62 bits per heavy atom. The number of thioether (sulfide) groups is 1. The van der Waals surface area contributed by atoms with E-state index in [1.807, 2.05) is 37.1 Å². The van der Waals surface area contributed by atoms with E-state index in [2.05, 4.69) is 10.1 Å². The normalized spacial score (nSPS) is 15.8. The maximum absolute atomic E-state index is 13.3. The summed E-state index contributed by atoms with van der Waals surface area (Å²) in [5.41, 5.74) is 0.304. The number of nitrogens with zero attached hydrogens (tertiary/aromatic N) is 4. The molecule has 10 heteroatoms. The fourth-order valence-electron chi connectivity index (χ4n) is 3.61. The maximum Gasteiger partial charge on any atom is 0.324 e. The van der Waals surface area contributed by atoms with Crippen molar-refractivity contribution in [3.63, 3.8) is 0 Å². The minimum absolute atomic E-state index is 0.296. The number of rotatable bonds is 6. The molecular weight excluding hydrogens is 451 g/mol. The molecule has 1 aromatic heterocycles. The molecule has 0 unspecified atom stereocenters. The second-order valence-electron chi connectivity index (χ2n) is 8.10. The SMILES string of the molecule is CSc1ccc(S(=O)(=O)N2CCN(c3nc(C(C)(C)c4ccc(F)cc4)no3)CC2)cc1. The maximum atomic E-state index is 13.3. The molecule has 1 aliphatic rings. The predicted molar refractivity (Wildman–Crippen MR) is 122 cm³/mol. The number of sulfonamides is 1. The van der Waals surface area contributed by atoms with Crippen molar-refractivity contribution in [2.75, 3.05) is 37.3 Å². The molecule has 0 saturated carbocycles. The van der Waals surface area contributed by atoms with Gasteiger partial charge in [-0.15, -0.1) is 11.8 Å². The lowest BCUT2D eigenvalue weighted by molar-refractivity contribution is 0.351. The van der Waals surface area contributed by atoms with Crippen molar-refractivity contribution in [2.45, 2.75) is 29.1 Å². The van der Waals surface area contributed by atoms with Gasteiger partial charge in [0.15, 0.2) is 5.82 Å². The average molecular weight is 477 g/mol. The van der Waals surface area contributed by atoms with Gasteiger partial charge in [-0.1, -0.05) is 17.3 Å². The number of piperazine rings is 1. The Labute approximate surface area is 191 Å². The summed E-state index contributed by atoms with van der Waals surface area (Å²) in [7, 11) is -3.55. The van der Waals surface area contributed by atoms with Crippen LogP contribution >= 0.6 is 11.8 Å². The summed E-state index contributed by atoms with van der Waals surface area (Å²) in [6, 6.07) is 13.5. The van der Waals surface area contributed by atoms with Crippen LogP contribution in [0.15, 0.2) is 62.8 Å². The fourth-order valence-corrected chi connectivity index (χ4v) is 5.44. The van der Waals surface area contributed by atoms with E-state index in [4.69, 9.17) is 4.52 Å². The summed E-state index contributed by atoms with van der Waals surface area (Å²) in [6.45, 7) is 5.43. The van der Waals surface area contributed by atoms with Crippen molar-refractivity contribution in [1.29, 1.82) is 0 Å². The predicted octanol–water partition coefficient (Wildman–Crippen LogP) is 3.77. The lowest BCUT2D eigenvalue weighted by atomic mass is 9.84. The largest absolute Gasteiger partial charge is 0.324 e. The molecule has 0 aliphatic carbocycles. The van der Waals surface area contributed by atoms with E-state index in [1.165, 1.54) is 16.4 Å². The number of benzene rings is 2. The monoisotopic (exact) mass is 476 g/mol. The van der Waals surface area contributed by atoms with Crippen molar-refractivity contribution >= 4 is 27.8 Å². The standard InChI is InChI=1S/C22H25FN4O3S2/c1-22(2,16-4-6-17(23)7-5-16)20-24-21(30-25-20)26-12-14-27(15-13-26)32(28,29)19-10-8-18(31-3)9-11-19/h4-11H,12-15H2,1-3H3. The molecule has 1 aliphatic heterocycles. The van der Waals surface area contributed by atoms with Gasteiger partial charge < -0.3 is 9.42 Å². The van der Waals surface area contributed by atoms with Crippen LogP contribution in [0.25, 0.3) is 0 Å². The van der Waals surface area contributed by atoms with Crippen LogP contribution in [0.1, 0.15) is 25.2 Å². The molecule has 7 nitrogen and oxygen atoms in total. The average Bonchev–Trinajstić information content (AvgIpc) is 3.31. The molecule has 2 heterocycles. The first-order chi connectivity index (χ1) is 15.2. The minimum atomic E-state index is -3.55. The first-order valence-electron chi connectivity index (χ1n) is 10.2. The number of hydrogen-bond acceptors (Lipinski definition) is 7. The van der Waals surface area contributed by atoms with Gasteiger partial charge in [-0.25, -0.2) is 12.8 Å². The highest BCUT2D eigenvalue weighted by atomic mass is 32.2. The molecule has 0 amide bonds. The smallest absolute Gasteiger partial charge is 0.322 e. The minimum Gasteiger partial charge on any atom is -0.322 e. The number of aromatic nitrogens is 2. The van der Waals surface area contributed by atoms with E-state index < -0.39 is 15.4 Å². The van der Waals surface area contributed by atoms with Crippen LogP contribution in [0.4, 0.5) is 10.4 Å². The van der Waals surface area contributed by atoms with Gasteiger partial charge in [0, 0.05) is 31.1 Å². The van der Waals surface area contributed by atoms with E-state index in [1.54, 1.807) is 36.0 Å². The van der Waals surface area contributed by atoms with E-state index in [9.17, 15) is 12.8 Å². The second-order valence-corrected chi connectivity index (χ2v) is 10.9. The number of anilines is 1. The van der Waals surface area contributed by atoms with Gasteiger partial charge in [-0.3, -0.25) is 0 Å². The van der Waals surface area contributed by atoms with Gasteiger partial charge in [0.2, 0.25) is 10.0 Å². The third-order valence-corrected chi connectivity index (χ3v) is 8.40. The van der Waals surface area contributed by atoms with Gasteiger partial charge in [0.25, 0.3) is 0 Å². The van der Waals surface area contributed by atoms with E-state index >= 15 is 0 Å². The molecule has 0 radical (unpaired) electrons. The van der Waals surface area contributed by atoms with Crippen molar-refractivity contribution in [2.24, 2.45) is 0 Å². The zero-order valence-electron chi connectivity index (χ0n) is 18.2. The summed E-state index contributed by atoms with van der Waals surface area (Å²) in [6.07, 6.45) is 1.95. The molecule has 1 fully saturated rings. The van der Waals surface area contributed by atoms with Gasteiger partial charge in [0.1, 0.15) is 5.82 Å². The zero-order chi connectivity index (χ0) is 22.9. The fraction of sp³-hybridized carbons (Fsp3) is 0.364. The van der Waals surface area contributed by atoms with Crippen molar-refractivity contribution in [3.8, 4) is 0 Å². The Bertz CT molecular complexity index is 1170. The van der Waals surface area contributed by atoms with Crippen LogP contribution in [0, 0.1) is 5.82 Å². The molecule has 3 aromatic rings. The first-order valence-corrected chi connectivity index (χ1v) is 12.9. The van der Waals surface area contributed by atoms with Crippen LogP contribution in [0.3, 0.4) is 0 Å². The molecule has 0 N–H and O–H groups in total. The molecule has 0 spiro atoms. The third kappa shape index (κ3) is 4.39. The first kappa shape index (κ1) is 22.8. The lowest BCUT2D eigenvalue weighted by Crippen LogP contribution is -2.48. The summed E-state index contributed by atoms with van der Waals surface area (Å²) < 4.78 is 46.2. The molecule has 0 bridgehead atoms. The molecule has 170 valence electrons. The lowest BCUT2D eigenvalue weighted by Gasteiger charge is -2.32. The van der Waals surface area contributed by atoms with Crippen molar-refractivity contribution in [1.82, 2.24) is 14.4 Å². The Morgan fingerprint density at radius 3 is 2.22 bits per heavy atom. The van der Waals surface area contributed by atoms with Crippen LogP contribution in [-0.4, -0.2) is 55.3 Å². The molecule has 1 saturated heterocycles. The molecule has 32 heavy (non-hydrogen) atoms. The van der Waals surface area contributed by atoms with Gasteiger partial charge in [0.05, 0.1) is 10.3 Å². The highest BCUT2D eigenvalue weighted by molar-refractivity contribution is 7.98. The van der Waals surface area contributed by atoms with Crippen LogP contribution in [0.2, 0.25) is 0 Å². The van der Waals surface area contributed by atoms with Gasteiger partial charge >= 0.3 is 6.01 Å². The molecule has 4 rings (SSSR count). The van der Waals surface area contributed by atoms with Crippen LogP contribution < -0.4 is 4.90 Å². The molecule has 2 aromatic carbocycles. The van der Waals surface area contributed by atoms with Crippen LogP contribution in [0.5, 0.6) is 0 Å². The summed E-state index contributed by atoms with van der Waals surface area (Å²) in [5, 5.41) is 4.14.